The number of allylic oxidation sites excluding steroid dienone is 1. The molecule has 0 aromatic rings. The van der Waals surface area contributed by atoms with Crippen molar-refractivity contribution in [3.63, 3.8) is 0 Å². The van der Waals surface area contributed by atoms with E-state index >= 15 is 0 Å². The van der Waals surface area contributed by atoms with Crippen molar-refractivity contribution in [2.45, 2.75) is 39.0 Å². The third-order valence-electron chi connectivity index (χ3n) is 3.72. The molecule has 1 amide bonds. The van der Waals surface area contributed by atoms with Crippen molar-refractivity contribution >= 4 is 11.9 Å². The highest BCUT2D eigenvalue weighted by atomic mass is 16.4. The Morgan fingerprint density at radius 2 is 2.31 bits per heavy atom. The molecule has 1 aliphatic heterocycles. The molecule has 1 aliphatic carbocycles. The smallest absolute Gasteiger partial charge is 0.315 e. The van der Waals surface area contributed by atoms with Gasteiger partial charge >= 0.3 is 5.97 Å². The highest BCUT2D eigenvalue weighted by Crippen LogP contribution is 2.46. The number of piperidine rings is 1. The van der Waals surface area contributed by atoms with Crippen LogP contribution in [0.4, 0.5) is 0 Å². The lowest BCUT2D eigenvalue weighted by atomic mass is 9.70. The summed E-state index contributed by atoms with van der Waals surface area (Å²) in [5.74, 6) is -0.711. The van der Waals surface area contributed by atoms with Crippen molar-refractivity contribution < 1.29 is 14.7 Å². The first-order valence-corrected chi connectivity index (χ1v) is 5.86. The van der Waals surface area contributed by atoms with Crippen LogP contribution in [0.2, 0.25) is 0 Å². The third-order valence-corrected chi connectivity index (χ3v) is 3.72. The summed E-state index contributed by atoms with van der Waals surface area (Å²) in [5.41, 5.74) is -0.0488. The number of carboxylic acids is 1. The molecule has 1 atom stereocenters. The molecule has 1 N–H and O–H groups in total. The molecule has 1 saturated heterocycles. The first-order valence-electron chi connectivity index (χ1n) is 5.86. The molecule has 16 heavy (non-hydrogen) atoms. The number of hydrogen-bond acceptors (Lipinski definition) is 2. The number of rotatable bonds is 2. The lowest BCUT2D eigenvalue weighted by Gasteiger charge is -2.44. The molecule has 1 heterocycles. The predicted molar refractivity (Wildman–Crippen MR) is 58.6 cm³/mol. The molecule has 1 unspecified atom stereocenters. The Labute approximate surface area is 94.9 Å². The van der Waals surface area contributed by atoms with E-state index in [9.17, 15) is 14.7 Å². The fourth-order valence-electron chi connectivity index (χ4n) is 2.85. The zero-order valence-electron chi connectivity index (χ0n) is 9.53. The van der Waals surface area contributed by atoms with E-state index in [2.05, 4.69) is 0 Å². The van der Waals surface area contributed by atoms with Crippen LogP contribution >= 0.6 is 0 Å². The summed E-state index contributed by atoms with van der Waals surface area (Å²) in [6, 6.07) is 0. The minimum absolute atomic E-state index is 0.0625. The molecule has 2 rings (SSSR count). The normalized spacial score (nSPS) is 29.7. The lowest BCUT2D eigenvalue weighted by molar-refractivity contribution is -0.153. The topological polar surface area (TPSA) is 57.6 Å². The van der Waals surface area contributed by atoms with Gasteiger partial charge in [0, 0.05) is 18.7 Å². The van der Waals surface area contributed by atoms with Gasteiger partial charge < -0.3 is 10.0 Å². The molecule has 0 spiro atoms. The zero-order chi connectivity index (χ0) is 11.8. The number of likely N-dealkylation sites (tertiary alicyclic amines) is 1. The Hall–Kier alpha value is -1.32. The maximum Gasteiger partial charge on any atom is 0.315 e. The second kappa shape index (κ2) is 3.92. The first kappa shape index (κ1) is 11.2. The number of fused-ring (bicyclic) bond motifs is 1. The predicted octanol–water partition coefficient (Wildman–Crippen LogP) is 1.77. The van der Waals surface area contributed by atoms with Gasteiger partial charge in [0.1, 0.15) is 5.41 Å². The molecule has 2 aliphatic rings. The summed E-state index contributed by atoms with van der Waals surface area (Å²) in [5, 5.41) is 9.44. The second-order valence-corrected chi connectivity index (χ2v) is 4.51. The van der Waals surface area contributed by atoms with Gasteiger partial charge in [0.05, 0.1) is 0 Å². The molecule has 0 aromatic carbocycles. The average molecular weight is 223 g/mol. The standard InChI is InChI=1S/C12H17NO3/c1-2-13-9-5-3-4-7-12(9,11(15)16)8-6-10(13)14/h5H,2-4,6-8H2,1H3,(H,15,16). The summed E-state index contributed by atoms with van der Waals surface area (Å²) in [7, 11) is 0. The lowest BCUT2D eigenvalue weighted by Crippen LogP contribution is -2.49. The average Bonchev–Trinajstić information content (AvgIpc) is 2.29. The number of carbonyl (C=O) groups is 2. The first-order chi connectivity index (χ1) is 7.62. The number of hydrogen-bond donors (Lipinski definition) is 1. The molecule has 1 fully saturated rings. The van der Waals surface area contributed by atoms with Crippen LogP contribution in [0.15, 0.2) is 11.8 Å². The van der Waals surface area contributed by atoms with Crippen LogP contribution in [0.1, 0.15) is 39.0 Å². The van der Waals surface area contributed by atoms with Gasteiger partial charge in [-0.15, -0.1) is 0 Å². The fourth-order valence-corrected chi connectivity index (χ4v) is 2.85. The maximum atomic E-state index is 11.7. The number of amides is 1. The van der Waals surface area contributed by atoms with Gasteiger partial charge in [0.25, 0.3) is 0 Å². The van der Waals surface area contributed by atoms with E-state index in [1.165, 1.54) is 0 Å². The van der Waals surface area contributed by atoms with Crippen molar-refractivity contribution in [2.75, 3.05) is 6.54 Å². The molecule has 0 saturated carbocycles. The molecule has 0 bridgehead atoms. The van der Waals surface area contributed by atoms with Crippen LogP contribution in [0.25, 0.3) is 0 Å². The van der Waals surface area contributed by atoms with E-state index in [1.807, 2.05) is 13.0 Å². The van der Waals surface area contributed by atoms with E-state index in [-0.39, 0.29) is 5.91 Å². The molecule has 4 nitrogen and oxygen atoms in total. The van der Waals surface area contributed by atoms with Gasteiger partial charge in [-0.3, -0.25) is 9.59 Å². The van der Waals surface area contributed by atoms with Gasteiger partial charge in [-0.25, -0.2) is 0 Å². The Balaban J connectivity index is 2.43. The van der Waals surface area contributed by atoms with E-state index in [0.29, 0.717) is 25.8 Å². The summed E-state index contributed by atoms with van der Waals surface area (Å²) >= 11 is 0. The van der Waals surface area contributed by atoms with Crippen molar-refractivity contribution in [1.29, 1.82) is 0 Å². The maximum absolute atomic E-state index is 11.7. The van der Waals surface area contributed by atoms with Crippen LogP contribution < -0.4 is 0 Å². The van der Waals surface area contributed by atoms with E-state index in [1.54, 1.807) is 4.90 Å². The molecule has 0 radical (unpaired) electrons. The van der Waals surface area contributed by atoms with Gasteiger partial charge in [0.2, 0.25) is 5.91 Å². The Kier molecular flexibility index (Phi) is 2.74. The SMILES string of the molecule is CCN1C(=O)CCC2(C(=O)O)CCCC=C12. The Morgan fingerprint density at radius 3 is 2.94 bits per heavy atom. The van der Waals surface area contributed by atoms with Gasteiger partial charge in [0.15, 0.2) is 0 Å². The fraction of sp³-hybridized carbons (Fsp3) is 0.667. The van der Waals surface area contributed by atoms with Crippen molar-refractivity contribution in [1.82, 2.24) is 4.90 Å². The van der Waals surface area contributed by atoms with Crippen molar-refractivity contribution in [2.24, 2.45) is 5.41 Å². The molecule has 88 valence electrons. The van der Waals surface area contributed by atoms with E-state index in [0.717, 1.165) is 18.5 Å². The van der Waals surface area contributed by atoms with Crippen LogP contribution in [0.3, 0.4) is 0 Å². The summed E-state index contributed by atoms with van der Waals surface area (Å²) < 4.78 is 0. The number of carboxylic acid groups (broad SMARTS) is 1. The summed E-state index contributed by atoms with van der Waals surface area (Å²) in [6.45, 7) is 2.46. The van der Waals surface area contributed by atoms with Gasteiger partial charge in [-0.2, -0.15) is 0 Å². The summed E-state index contributed by atoms with van der Waals surface area (Å²) in [6.07, 6.45) is 5.22. The quantitative estimate of drug-likeness (QED) is 0.776. The van der Waals surface area contributed by atoms with E-state index in [4.69, 9.17) is 0 Å². The highest BCUT2D eigenvalue weighted by Gasteiger charge is 2.49. The largest absolute Gasteiger partial charge is 0.481 e. The van der Waals surface area contributed by atoms with Gasteiger partial charge in [-0.1, -0.05) is 6.08 Å². The zero-order valence-corrected chi connectivity index (χ0v) is 9.53. The van der Waals surface area contributed by atoms with Crippen molar-refractivity contribution in [3.8, 4) is 0 Å². The third kappa shape index (κ3) is 1.44. The van der Waals surface area contributed by atoms with Crippen LogP contribution in [-0.4, -0.2) is 28.4 Å². The molecular weight excluding hydrogens is 206 g/mol. The molecular formula is C12H17NO3. The Bertz CT molecular complexity index is 361. The molecule has 4 heteroatoms. The number of aliphatic carboxylic acids is 1. The minimum Gasteiger partial charge on any atom is -0.481 e. The highest BCUT2D eigenvalue weighted by molar-refractivity contribution is 5.87. The minimum atomic E-state index is -0.790. The van der Waals surface area contributed by atoms with Crippen LogP contribution in [0, 0.1) is 5.41 Å². The number of carbonyl (C=O) groups excluding carboxylic acids is 1. The van der Waals surface area contributed by atoms with E-state index < -0.39 is 11.4 Å². The van der Waals surface area contributed by atoms with Crippen molar-refractivity contribution in [3.05, 3.63) is 11.8 Å². The molecule has 0 aromatic heterocycles. The second-order valence-electron chi connectivity index (χ2n) is 4.51. The number of nitrogens with zero attached hydrogens (tertiary/aromatic N) is 1. The van der Waals surface area contributed by atoms with Gasteiger partial charge in [-0.05, 0) is 32.6 Å². The van der Waals surface area contributed by atoms with Crippen LogP contribution in [0.5, 0.6) is 0 Å². The summed E-state index contributed by atoms with van der Waals surface area (Å²) in [4.78, 5) is 24.9. The Morgan fingerprint density at radius 1 is 1.56 bits per heavy atom. The monoisotopic (exact) mass is 223 g/mol. The van der Waals surface area contributed by atoms with Crippen LogP contribution in [-0.2, 0) is 9.59 Å².